The van der Waals surface area contributed by atoms with E-state index in [1.165, 1.54) is 12.8 Å². The molecule has 0 bridgehead atoms. The van der Waals surface area contributed by atoms with Crippen molar-refractivity contribution >= 4 is 0 Å². The zero-order chi connectivity index (χ0) is 10.9. The maximum Gasteiger partial charge on any atom is 0.0652 e. The van der Waals surface area contributed by atoms with E-state index in [1.54, 1.807) is 0 Å². The lowest BCUT2D eigenvalue weighted by Crippen LogP contribution is -2.63. The Balaban J connectivity index is 1.81. The first-order valence-corrected chi connectivity index (χ1v) is 6.01. The first-order chi connectivity index (χ1) is 7.14. The van der Waals surface area contributed by atoms with Gasteiger partial charge in [-0.1, -0.05) is 13.8 Å². The molecule has 1 N–H and O–H groups in total. The van der Waals surface area contributed by atoms with Crippen molar-refractivity contribution in [3.8, 4) is 0 Å². The largest absolute Gasteiger partial charge is 0.381 e. The molecule has 3 nitrogen and oxygen atoms in total. The van der Waals surface area contributed by atoms with E-state index in [1.807, 2.05) is 7.11 Å². The predicted octanol–water partition coefficient (Wildman–Crippen LogP) is 1.57. The van der Waals surface area contributed by atoms with Gasteiger partial charge in [-0.25, -0.2) is 0 Å². The van der Waals surface area contributed by atoms with E-state index in [-0.39, 0.29) is 5.41 Å². The van der Waals surface area contributed by atoms with Gasteiger partial charge in [-0.05, 0) is 19.3 Å². The Kier molecular flexibility index (Phi) is 3.33. The Bertz CT molecular complexity index is 212. The van der Waals surface area contributed by atoms with Gasteiger partial charge in [0, 0.05) is 31.2 Å². The fraction of sp³-hybridized carbons (Fsp3) is 1.00. The Hall–Kier alpha value is -0.120. The van der Waals surface area contributed by atoms with E-state index in [0.29, 0.717) is 18.2 Å². The van der Waals surface area contributed by atoms with E-state index < -0.39 is 0 Å². The fourth-order valence-electron chi connectivity index (χ4n) is 2.72. The lowest BCUT2D eigenvalue weighted by atomic mass is 9.64. The average molecular weight is 213 g/mol. The minimum Gasteiger partial charge on any atom is -0.381 e. The summed E-state index contributed by atoms with van der Waals surface area (Å²) in [6, 6.07) is 1.15. The monoisotopic (exact) mass is 213 g/mol. The number of hydrogen-bond donors (Lipinski definition) is 1. The molecular formula is C12H23NO2. The van der Waals surface area contributed by atoms with Crippen molar-refractivity contribution in [2.45, 2.75) is 51.3 Å². The summed E-state index contributed by atoms with van der Waals surface area (Å²) in [7, 11) is 1.81. The number of hydrogen-bond acceptors (Lipinski definition) is 3. The van der Waals surface area contributed by atoms with Crippen molar-refractivity contribution in [2.75, 3.05) is 20.3 Å². The van der Waals surface area contributed by atoms with Crippen LogP contribution in [-0.4, -0.2) is 38.5 Å². The molecule has 0 spiro atoms. The maximum absolute atomic E-state index is 5.48. The normalized spacial score (nSPS) is 39.8. The van der Waals surface area contributed by atoms with Crippen LogP contribution in [0.1, 0.15) is 33.1 Å². The predicted molar refractivity (Wildman–Crippen MR) is 60.0 cm³/mol. The van der Waals surface area contributed by atoms with Crippen LogP contribution in [0, 0.1) is 5.41 Å². The van der Waals surface area contributed by atoms with E-state index >= 15 is 0 Å². The van der Waals surface area contributed by atoms with Gasteiger partial charge in [-0.15, -0.1) is 0 Å². The minimum atomic E-state index is 0.270. The molecule has 1 heterocycles. The third-order valence-electron chi connectivity index (χ3n) is 4.06. The van der Waals surface area contributed by atoms with E-state index in [4.69, 9.17) is 9.47 Å². The molecule has 0 aromatic heterocycles. The first kappa shape index (κ1) is 11.4. The molecule has 0 aromatic carbocycles. The molecule has 2 aliphatic rings. The number of ether oxygens (including phenoxy) is 2. The summed E-state index contributed by atoms with van der Waals surface area (Å²) < 4.78 is 10.9. The lowest BCUT2D eigenvalue weighted by molar-refractivity contribution is -0.104. The number of methoxy groups -OCH3 is 1. The second-order valence-corrected chi connectivity index (χ2v) is 5.41. The lowest BCUT2D eigenvalue weighted by Gasteiger charge is -2.52. The molecule has 0 aromatic rings. The molecule has 1 saturated heterocycles. The van der Waals surface area contributed by atoms with Crippen molar-refractivity contribution in [3.05, 3.63) is 0 Å². The highest BCUT2D eigenvalue weighted by molar-refractivity contribution is 5.03. The van der Waals surface area contributed by atoms with Crippen LogP contribution in [-0.2, 0) is 9.47 Å². The molecule has 3 unspecified atom stereocenters. The van der Waals surface area contributed by atoms with E-state index in [2.05, 4.69) is 19.2 Å². The zero-order valence-corrected chi connectivity index (χ0v) is 10.1. The molecule has 0 amide bonds. The molecule has 0 radical (unpaired) electrons. The van der Waals surface area contributed by atoms with Gasteiger partial charge in [0.1, 0.15) is 0 Å². The molecule has 15 heavy (non-hydrogen) atoms. The van der Waals surface area contributed by atoms with Gasteiger partial charge in [0.25, 0.3) is 0 Å². The van der Waals surface area contributed by atoms with Gasteiger partial charge in [-0.3, -0.25) is 0 Å². The molecule has 1 saturated carbocycles. The molecule has 2 fully saturated rings. The molecule has 3 heteroatoms. The van der Waals surface area contributed by atoms with Gasteiger partial charge in [-0.2, -0.15) is 0 Å². The minimum absolute atomic E-state index is 0.270. The third kappa shape index (κ3) is 2.19. The van der Waals surface area contributed by atoms with Gasteiger partial charge < -0.3 is 14.8 Å². The van der Waals surface area contributed by atoms with Crippen LogP contribution in [0.2, 0.25) is 0 Å². The summed E-state index contributed by atoms with van der Waals surface area (Å²) >= 11 is 0. The van der Waals surface area contributed by atoms with Crippen molar-refractivity contribution in [2.24, 2.45) is 5.41 Å². The molecule has 88 valence electrons. The highest BCUT2D eigenvalue weighted by atomic mass is 16.5. The highest BCUT2D eigenvalue weighted by Crippen LogP contribution is 2.42. The van der Waals surface area contributed by atoms with Crippen LogP contribution in [0.15, 0.2) is 0 Å². The quantitative estimate of drug-likeness (QED) is 0.772. The molecule has 1 aliphatic heterocycles. The SMILES string of the molecule is COC1CC(NC2CCCOC2)C1(C)C. The van der Waals surface area contributed by atoms with Crippen LogP contribution < -0.4 is 5.32 Å². The molecular weight excluding hydrogens is 190 g/mol. The smallest absolute Gasteiger partial charge is 0.0652 e. The van der Waals surface area contributed by atoms with Gasteiger partial charge in [0.2, 0.25) is 0 Å². The van der Waals surface area contributed by atoms with Crippen molar-refractivity contribution in [1.82, 2.24) is 5.32 Å². The molecule has 2 rings (SSSR count). The Labute approximate surface area is 92.5 Å². The first-order valence-electron chi connectivity index (χ1n) is 6.01. The van der Waals surface area contributed by atoms with Crippen LogP contribution >= 0.6 is 0 Å². The number of nitrogens with one attached hydrogen (secondary N) is 1. The highest BCUT2D eigenvalue weighted by Gasteiger charge is 2.48. The van der Waals surface area contributed by atoms with Gasteiger partial charge >= 0.3 is 0 Å². The van der Waals surface area contributed by atoms with Crippen LogP contribution in [0.4, 0.5) is 0 Å². The summed E-state index contributed by atoms with van der Waals surface area (Å²) in [5.74, 6) is 0. The van der Waals surface area contributed by atoms with Crippen LogP contribution in [0.3, 0.4) is 0 Å². The van der Waals surface area contributed by atoms with Gasteiger partial charge in [0.05, 0.1) is 12.7 Å². The topological polar surface area (TPSA) is 30.5 Å². The van der Waals surface area contributed by atoms with E-state index in [0.717, 1.165) is 19.6 Å². The second-order valence-electron chi connectivity index (χ2n) is 5.41. The van der Waals surface area contributed by atoms with Crippen LogP contribution in [0.25, 0.3) is 0 Å². The molecule has 1 aliphatic carbocycles. The average Bonchev–Trinajstić information content (AvgIpc) is 2.25. The Morgan fingerprint density at radius 2 is 2.20 bits per heavy atom. The van der Waals surface area contributed by atoms with E-state index in [9.17, 15) is 0 Å². The fourth-order valence-corrected chi connectivity index (χ4v) is 2.72. The van der Waals surface area contributed by atoms with Gasteiger partial charge in [0.15, 0.2) is 0 Å². The van der Waals surface area contributed by atoms with Crippen LogP contribution in [0.5, 0.6) is 0 Å². The standard InChI is InChI=1S/C12H23NO2/c1-12(2)10(7-11(12)14-3)13-9-5-4-6-15-8-9/h9-11,13H,4-8H2,1-3H3. The molecule has 3 atom stereocenters. The van der Waals surface area contributed by atoms with Crippen molar-refractivity contribution < 1.29 is 9.47 Å². The summed E-state index contributed by atoms with van der Waals surface area (Å²) in [5, 5.41) is 3.70. The summed E-state index contributed by atoms with van der Waals surface area (Å²) in [5.41, 5.74) is 0.270. The number of rotatable bonds is 3. The van der Waals surface area contributed by atoms with Crippen molar-refractivity contribution in [3.63, 3.8) is 0 Å². The second kappa shape index (κ2) is 4.40. The maximum atomic E-state index is 5.48. The summed E-state index contributed by atoms with van der Waals surface area (Å²) in [6.45, 7) is 6.38. The summed E-state index contributed by atoms with van der Waals surface area (Å²) in [4.78, 5) is 0. The Morgan fingerprint density at radius 3 is 2.73 bits per heavy atom. The van der Waals surface area contributed by atoms with Crippen molar-refractivity contribution in [1.29, 1.82) is 0 Å². The third-order valence-corrected chi connectivity index (χ3v) is 4.06. The summed E-state index contributed by atoms with van der Waals surface area (Å²) in [6.07, 6.45) is 4.00. The Morgan fingerprint density at radius 1 is 1.40 bits per heavy atom. The zero-order valence-electron chi connectivity index (χ0n) is 10.1.